The van der Waals surface area contributed by atoms with Crippen LogP contribution in [0.15, 0.2) is 35.9 Å². The number of hydrogen-bond donors (Lipinski definition) is 0. The highest BCUT2D eigenvalue weighted by molar-refractivity contribution is 7.87. The van der Waals surface area contributed by atoms with Crippen LogP contribution in [0.3, 0.4) is 0 Å². The number of imide groups is 1. The van der Waals surface area contributed by atoms with E-state index in [0.29, 0.717) is 12.0 Å². The number of amides is 2. The van der Waals surface area contributed by atoms with Gasteiger partial charge in [-0.1, -0.05) is 30.3 Å². The minimum Gasteiger partial charge on any atom is -0.271 e. The zero-order chi connectivity index (χ0) is 17.0. The lowest BCUT2D eigenvalue weighted by Crippen LogP contribution is -2.38. The van der Waals surface area contributed by atoms with E-state index in [9.17, 15) is 31.2 Å². The fraction of sp³-hybridized carbons (Fsp3) is 0.231. The van der Waals surface area contributed by atoms with Gasteiger partial charge in [0.05, 0.1) is 5.92 Å². The summed E-state index contributed by atoms with van der Waals surface area (Å²) in [5, 5.41) is -0.332. The van der Waals surface area contributed by atoms with Crippen LogP contribution in [0.1, 0.15) is 17.0 Å². The summed E-state index contributed by atoms with van der Waals surface area (Å²) >= 11 is 0. The summed E-state index contributed by atoms with van der Waals surface area (Å²) in [5.41, 5.74) is -4.67. The van der Waals surface area contributed by atoms with Gasteiger partial charge >= 0.3 is 15.6 Å². The number of carbonyl (C=O) groups excluding carboxylic acids is 2. The van der Waals surface area contributed by atoms with Gasteiger partial charge in [-0.05, 0) is 17.5 Å². The zero-order valence-corrected chi connectivity index (χ0v) is 12.0. The molecule has 23 heavy (non-hydrogen) atoms. The molecule has 1 aliphatic carbocycles. The van der Waals surface area contributed by atoms with E-state index in [1.165, 1.54) is 6.08 Å². The molecule has 1 aliphatic heterocycles. The second kappa shape index (κ2) is 4.90. The number of halogens is 3. The Bertz CT molecular complexity index is 843. The highest BCUT2D eigenvalue weighted by atomic mass is 32.2. The Kier molecular flexibility index (Phi) is 3.34. The molecule has 0 saturated carbocycles. The van der Waals surface area contributed by atoms with E-state index in [1.54, 1.807) is 24.3 Å². The van der Waals surface area contributed by atoms with Crippen LogP contribution in [0.2, 0.25) is 0 Å². The molecule has 1 heterocycles. The second-order valence-electron chi connectivity index (χ2n) is 4.91. The lowest BCUT2D eigenvalue weighted by atomic mass is 9.83. The van der Waals surface area contributed by atoms with E-state index >= 15 is 0 Å². The van der Waals surface area contributed by atoms with Gasteiger partial charge in [0.25, 0.3) is 11.8 Å². The van der Waals surface area contributed by atoms with Crippen molar-refractivity contribution in [3.8, 4) is 0 Å². The molecule has 3 rings (SSSR count). The number of nitrogens with zero attached hydrogens (tertiary/aromatic N) is 1. The molecule has 2 aliphatic rings. The van der Waals surface area contributed by atoms with Crippen molar-refractivity contribution in [3.05, 3.63) is 47.0 Å². The molecular formula is C13H8F3NO5S. The Morgan fingerprint density at radius 1 is 1.17 bits per heavy atom. The lowest BCUT2D eigenvalue weighted by Gasteiger charge is -2.18. The summed E-state index contributed by atoms with van der Waals surface area (Å²) < 4.78 is 62.9. The Labute approximate surface area is 128 Å². The molecule has 0 bridgehead atoms. The summed E-state index contributed by atoms with van der Waals surface area (Å²) in [7, 11) is -6.11. The van der Waals surface area contributed by atoms with Crippen molar-refractivity contribution in [1.29, 1.82) is 0 Å². The van der Waals surface area contributed by atoms with Gasteiger partial charge in [0.2, 0.25) is 0 Å². The third kappa shape index (κ3) is 2.34. The minimum absolute atomic E-state index is 0.0916. The first-order chi connectivity index (χ1) is 10.6. The van der Waals surface area contributed by atoms with Gasteiger partial charge in [-0.3, -0.25) is 9.59 Å². The van der Waals surface area contributed by atoms with Crippen molar-refractivity contribution in [2.45, 2.75) is 17.8 Å². The van der Waals surface area contributed by atoms with Gasteiger partial charge in [0.15, 0.2) is 0 Å². The lowest BCUT2D eigenvalue weighted by molar-refractivity contribution is -0.166. The Morgan fingerprint density at radius 2 is 1.83 bits per heavy atom. The number of hydrogen-bond acceptors (Lipinski definition) is 5. The maximum atomic E-state index is 12.4. The molecule has 10 heteroatoms. The monoisotopic (exact) mass is 347 g/mol. The standard InChI is InChI=1S/C13H8F3NO5S/c14-13(15,16)23(20,21)22-17-11(18)9-6-5-7-3-1-2-4-8(7)10(9)12(17)19/h1-4,6,10H,5H2. The fourth-order valence-corrected chi connectivity index (χ4v) is 2.95. The minimum atomic E-state index is -6.11. The predicted molar refractivity (Wildman–Crippen MR) is 68.9 cm³/mol. The highest BCUT2D eigenvalue weighted by Gasteiger charge is 2.54. The van der Waals surface area contributed by atoms with Gasteiger partial charge in [0, 0.05) is 5.57 Å². The fourth-order valence-electron chi connectivity index (χ4n) is 2.53. The molecular weight excluding hydrogens is 339 g/mol. The molecule has 1 saturated heterocycles. The van der Waals surface area contributed by atoms with Gasteiger partial charge in [-0.25, -0.2) is 0 Å². The predicted octanol–water partition coefficient (Wildman–Crippen LogP) is 1.40. The van der Waals surface area contributed by atoms with E-state index in [1.807, 2.05) is 0 Å². The van der Waals surface area contributed by atoms with Crippen LogP contribution in [-0.2, 0) is 30.4 Å². The molecule has 1 unspecified atom stereocenters. The zero-order valence-electron chi connectivity index (χ0n) is 11.2. The molecule has 0 radical (unpaired) electrons. The summed E-state index contributed by atoms with van der Waals surface area (Å²) in [4.78, 5) is 24.3. The summed E-state index contributed by atoms with van der Waals surface area (Å²) in [5.74, 6) is -3.53. The average molecular weight is 347 g/mol. The van der Waals surface area contributed by atoms with E-state index in [4.69, 9.17) is 0 Å². The van der Waals surface area contributed by atoms with Crippen LogP contribution >= 0.6 is 0 Å². The second-order valence-corrected chi connectivity index (χ2v) is 6.43. The van der Waals surface area contributed by atoms with Gasteiger partial charge in [0.1, 0.15) is 0 Å². The molecule has 122 valence electrons. The molecule has 1 atom stereocenters. The van der Waals surface area contributed by atoms with Crippen molar-refractivity contribution in [1.82, 2.24) is 5.06 Å². The molecule has 2 amide bonds. The highest BCUT2D eigenvalue weighted by Crippen LogP contribution is 2.40. The molecule has 1 fully saturated rings. The van der Waals surface area contributed by atoms with Gasteiger partial charge in [-0.15, -0.1) is 9.35 Å². The molecule has 0 spiro atoms. The van der Waals surface area contributed by atoms with Crippen LogP contribution in [0.25, 0.3) is 0 Å². The van der Waals surface area contributed by atoms with E-state index in [0.717, 1.165) is 5.56 Å². The topological polar surface area (TPSA) is 80.8 Å². The molecule has 0 aromatic heterocycles. The van der Waals surface area contributed by atoms with Crippen LogP contribution in [-0.4, -0.2) is 30.8 Å². The average Bonchev–Trinajstić information content (AvgIpc) is 2.71. The van der Waals surface area contributed by atoms with Gasteiger partial charge < -0.3 is 0 Å². The van der Waals surface area contributed by atoms with Crippen molar-refractivity contribution in [3.63, 3.8) is 0 Å². The Hall–Kier alpha value is -2.20. The van der Waals surface area contributed by atoms with E-state index in [2.05, 4.69) is 4.28 Å². The van der Waals surface area contributed by atoms with Crippen molar-refractivity contribution >= 4 is 21.9 Å². The number of carbonyl (C=O) groups is 2. The van der Waals surface area contributed by atoms with Crippen LogP contribution in [0.5, 0.6) is 0 Å². The number of rotatable bonds is 2. The number of allylic oxidation sites excluding steroid dienone is 1. The number of benzene rings is 1. The van der Waals surface area contributed by atoms with Crippen LogP contribution < -0.4 is 0 Å². The van der Waals surface area contributed by atoms with Crippen LogP contribution in [0, 0.1) is 0 Å². The summed E-state index contributed by atoms with van der Waals surface area (Å²) in [6.07, 6.45) is 1.69. The van der Waals surface area contributed by atoms with E-state index < -0.39 is 33.4 Å². The molecule has 1 aromatic rings. The van der Waals surface area contributed by atoms with Crippen molar-refractivity contribution < 1.29 is 35.5 Å². The third-order valence-electron chi connectivity index (χ3n) is 3.55. The normalized spacial score (nSPS) is 21.1. The van der Waals surface area contributed by atoms with Gasteiger partial charge in [-0.2, -0.15) is 21.6 Å². The Balaban J connectivity index is 2.00. The summed E-state index contributed by atoms with van der Waals surface area (Å²) in [6.45, 7) is 0. The van der Waals surface area contributed by atoms with Crippen molar-refractivity contribution in [2.24, 2.45) is 0 Å². The SMILES string of the molecule is O=C1C2=CCc3ccccc3C2C(=O)N1OS(=O)(=O)C(F)(F)F. The van der Waals surface area contributed by atoms with E-state index in [-0.39, 0.29) is 10.6 Å². The maximum absolute atomic E-state index is 12.4. The van der Waals surface area contributed by atoms with Crippen LogP contribution in [0.4, 0.5) is 13.2 Å². The first-order valence-corrected chi connectivity index (χ1v) is 7.71. The smallest absolute Gasteiger partial charge is 0.271 e. The summed E-state index contributed by atoms with van der Waals surface area (Å²) in [6, 6.07) is 6.58. The first-order valence-electron chi connectivity index (χ1n) is 6.30. The Morgan fingerprint density at radius 3 is 2.48 bits per heavy atom. The molecule has 6 nitrogen and oxygen atoms in total. The quantitative estimate of drug-likeness (QED) is 0.597. The number of alkyl halides is 3. The molecule has 0 N–H and O–H groups in total. The number of fused-ring (bicyclic) bond motifs is 3. The van der Waals surface area contributed by atoms with Crippen molar-refractivity contribution in [2.75, 3.05) is 0 Å². The molecule has 1 aromatic carbocycles. The largest absolute Gasteiger partial charge is 0.525 e. The third-order valence-corrected chi connectivity index (χ3v) is 4.47. The number of hydroxylamine groups is 2. The first kappa shape index (κ1) is 15.7. The maximum Gasteiger partial charge on any atom is 0.525 e.